The van der Waals surface area contributed by atoms with E-state index in [1.807, 2.05) is 13.0 Å². The molecule has 5 heteroatoms. The van der Waals surface area contributed by atoms with Crippen LogP contribution >= 0.6 is 0 Å². The third-order valence-corrected chi connectivity index (χ3v) is 3.34. The summed E-state index contributed by atoms with van der Waals surface area (Å²) in [7, 11) is 0. The van der Waals surface area contributed by atoms with Crippen LogP contribution < -0.4 is 5.32 Å². The van der Waals surface area contributed by atoms with Gasteiger partial charge in [-0.15, -0.1) is 0 Å². The Morgan fingerprint density at radius 3 is 2.56 bits per heavy atom. The van der Waals surface area contributed by atoms with E-state index in [2.05, 4.69) is 5.32 Å². The molecular formula is C13H18N2O3. The average Bonchev–Trinajstić information content (AvgIpc) is 2.31. The number of nitrogens with one attached hydrogen (secondary N) is 1. The molecule has 0 aliphatic heterocycles. The maximum atomic E-state index is 10.8. The predicted molar refractivity (Wildman–Crippen MR) is 69.7 cm³/mol. The second-order valence-electron chi connectivity index (χ2n) is 4.96. The van der Waals surface area contributed by atoms with Gasteiger partial charge in [-0.1, -0.05) is 0 Å². The lowest BCUT2D eigenvalue weighted by Gasteiger charge is -2.27. The van der Waals surface area contributed by atoms with Crippen molar-refractivity contribution >= 4 is 11.4 Å². The van der Waals surface area contributed by atoms with Crippen LogP contribution in [0.25, 0.3) is 0 Å². The Kier molecular flexibility index (Phi) is 3.81. The monoisotopic (exact) mass is 250 g/mol. The van der Waals surface area contributed by atoms with Crippen molar-refractivity contribution in [2.24, 2.45) is 0 Å². The smallest absolute Gasteiger partial charge is 0.271 e. The molecule has 1 aliphatic carbocycles. The molecule has 0 spiro atoms. The number of aliphatic hydroxyl groups excluding tert-OH is 1. The molecule has 5 nitrogen and oxygen atoms in total. The Morgan fingerprint density at radius 1 is 1.28 bits per heavy atom. The molecule has 0 unspecified atom stereocenters. The fraction of sp³-hybridized carbons (Fsp3) is 0.538. The lowest BCUT2D eigenvalue weighted by Crippen LogP contribution is -2.28. The van der Waals surface area contributed by atoms with Gasteiger partial charge in [0.2, 0.25) is 0 Å². The molecule has 98 valence electrons. The van der Waals surface area contributed by atoms with Gasteiger partial charge < -0.3 is 10.4 Å². The number of rotatable bonds is 3. The van der Waals surface area contributed by atoms with Crippen LogP contribution in [0, 0.1) is 17.0 Å². The third-order valence-electron chi connectivity index (χ3n) is 3.34. The number of non-ortho nitro benzene ring substituents is 1. The molecule has 1 saturated carbocycles. The second-order valence-corrected chi connectivity index (χ2v) is 4.96. The number of nitrogens with zero attached hydrogens (tertiary/aromatic N) is 1. The van der Waals surface area contributed by atoms with Gasteiger partial charge in [0.1, 0.15) is 0 Å². The van der Waals surface area contributed by atoms with E-state index in [1.54, 1.807) is 12.1 Å². The minimum Gasteiger partial charge on any atom is -0.393 e. The van der Waals surface area contributed by atoms with E-state index in [4.69, 9.17) is 0 Å². The molecule has 1 aromatic carbocycles. The van der Waals surface area contributed by atoms with Gasteiger partial charge in [-0.3, -0.25) is 10.1 Å². The molecule has 1 aliphatic rings. The number of hydrogen-bond donors (Lipinski definition) is 2. The van der Waals surface area contributed by atoms with Crippen LogP contribution in [0.2, 0.25) is 0 Å². The van der Waals surface area contributed by atoms with Crippen LogP contribution in [0.1, 0.15) is 31.2 Å². The lowest BCUT2D eigenvalue weighted by atomic mass is 9.93. The summed E-state index contributed by atoms with van der Waals surface area (Å²) in [5.74, 6) is 0. The summed E-state index contributed by atoms with van der Waals surface area (Å²) in [5.41, 5.74) is 1.79. The molecule has 1 aromatic rings. The highest BCUT2D eigenvalue weighted by molar-refractivity contribution is 5.54. The average molecular weight is 250 g/mol. The van der Waals surface area contributed by atoms with Gasteiger partial charge in [-0.25, -0.2) is 0 Å². The summed E-state index contributed by atoms with van der Waals surface area (Å²) < 4.78 is 0. The molecule has 0 saturated heterocycles. The fourth-order valence-corrected chi connectivity index (χ4v) is 2.41. The number of nitro benzene ring substituents is 1. The number of anilines is 1. The molecule has 18 heavy (non-hydrogen) atoms. The summed E-state index contributed by atoms with van der Waals surface area (Å²) >= 11 is 0. The Labute approximate surface area is 106 Å². The van der Waals surface area contributed by atoms with E-state index in [-0.39, 0.29) is 16.7 Å². The highest BCUT2D eigenvalue weighted by Crippen LogP contribution is 2.25. The van der Waals surface area contributed by atoms with Crippen molar-refractivity contribution in [2.75, 3.05) is 5.32 Å². The largest absolute Gasteiger partial charge is 0.393 e. The van der Waals surface area contributed by atoms with Crippen LogP contribution in [0.3, 0.4) is 0 Å². The highest BCUT2D eigenvalue weighted by atomic mass is 16.6. The second kappa shape index (κ2) is 5.35. The molecular weight excluding hydrogens is 232 g/mol. The first-order valence-corrected chi connectivity index (χ1v) is 6.25. The molecule has 2 rings (SSSR count). The normalized spacial score (nSPS) is 23.7. The van der Waals surface area contributed by atoms with E-state index >= 15 is 0 Å². The molecule has 0 aromatic heterocycles. The first-order valence-electron chi connectivity index (χ1n) is 6.25. The lowest BCUT2D eigenvalue weighted by molar-refractivity contribution is -0.384. The van der Waals surface area contributed by atoms with Gasteiger partial charge in [-0.05, 0) is 44.2 Å². The van der Waals surface area contributed by atoms with Gasteiger partial charge in [0, 0.05) is 23.9 Å². The number of nitro groups is 1. The Balaban J connectivity index is 2.07. The summed E-state index contributed by atoms with van der Waals surface area (Å²) in [6, 6.07) is 5.35. The van der Waals surface area contributed by atoms with Crippen molar-refractivity contribution in [3.8, 4) is 0 Å². The van der Waals surface area contributed by atoms with Crippen molar-refractivity contribution in [3.63, 3.8) is 0 Å². The summed E-state index contributed by atoms with van der Waals surface area (Å²) in [6.07, 6.45) is 3.22. The van der Waals surface area contributed by atoms with Gasteiger partial charge in [0.15, 0.2) is 0 Å². The minimum absolute atomic E-state index is 0.119. The van der Waals surface area contributed by atoms with Gasteiger partial charge in [0.25, 0.3) is 5.69 Å². The van der Waals surface area contributed by atoms with Crippen molar-refractivity contribution in [2.45, 2.75) is 44.8 Å². The topological polar surface area (TPSA) is 75.4 Å². The van der Waals surface area contributed by atoms with Crippen LogP contribution in [0.4, 0.5) is 11.4 Å². The summed E-state index contributed by atoms with van der Waals surface area (Å²) in [4.78, 5) is 10.4. The van der Waals surface area contributed by atoms with Crippen molar-refractivity contribution in [1.82, 2.24) is 0 Å². The zero-order chi connectivity index (χ0) is 13.1. The zero-order valence-corrected chi connectivity index (χ0v) is 10.4. The standard InChI is InChI=1S/C13H18N2O3/c1-9-6-11(8-12(7-9)15(17)18)14-10-2-4-13(16)5-3-10/h6-8,10,13-14,16H,2-5H2,1H3. The fourth-order valence-electron chi connectivity index (χ4n) is 2.41. The van der Waals surface area contributed by atoms with E-state index in [0.29, 0.717) is 6.04 Å². The number of aryl methyl sites for hydroxylation is 1. The SMILES string of the molecule is Cc1cc(NC2CCC(O)CC2)cc([N+](=O)[O-])c1. The van der Waals surface area contributed by atoms with Crippen molar-refractivity contribution in [3.05, 3.63) is 33.9 Å². The maximum Gasteiger partial charge on any atom is 0.271 e. The van der Waals surface area contributed by atoms with E-state index in [0.717, 1.165) is 36.9 Å². The molecule has 1 fully saturated rings. The molecule has 2 N–H and O–H groups in total. The minimum atomic E-state index is -0.372. The predicted octanol–water partition coefficient (Wildman–Crippen LogP) is 2.62. The first-order chi connectivity index (χ1) is 8.54. The maximum absolute atomic E-state index is 10.8. The molecule has 0 bridgehead atoms. The van der Waals surface area contributed by atoms with E-state index < -0.39 is 0 Å². The van der Waals surface area contributed by atoms with Crippen LogP contribution in [-0.2, 0) is 0 Å². The van der Waals surface area contributed by atoms with Gasteiger partial charge >= 0.3 is 0 Å². The summed E-state index contributed by atoms with van der Waals surface area (Å²) in [5, 5.41) is 23.5. The Hall–Kier alpha value is -1.62. The highest BCUT2D eigenvalue weighted by Gasteiger charge is 2.19. The first kappa shape index (κ1) is 12.8. The number of benzene rings is 1. The van der Waals surface area contributed by atoms with Gasteiger partial charge in [-0.2, -0.15) is 0 Å². The number of aliphatic hydroxyl groups is 1. The summed E-state index contributed by atoms with van der Waals surface area (Å²) in [6.45, 7) is 1.85. The van der Waals surface area contributed by atoms with Crippen LogP contribution in [-0.4, -0.2) is 22.2 Å². The Bertz CT molecular complexity index is 440. The number of hydrogen-bond acceptors (Lipinski definition) is 4. The van der Waals surface area contributed by atoms with Crippen molar-refractivity contribution < 1.29 is 10.0 Å². The van der Waals surface area contributed by atoms with E-state index in [1.165, 1.54) is 0 Å². The molecule has 0 heterocycles. The Morgan fingerprint density at radius 2 is 1.94 bits per heavy atom. The molecule has 0 radical (unpaired) electrons. The van der Waals surface area contributed by atoms with Crippen LogP contribution in [0.5, 0.6) is 0 Å². The van der Waals surface area contributed by atoms with E-state index in [9.17, 15) is 15.2 Å². The zero-order valence-electron chi connectivity index (χ0n) is 10.4. The van der Waals surface area contributed by atoms with Crippen LogP contribution in [0.15, 0.2) is 18.2 Å². The molecule has 0 amide bonds. The third kappa shape index (κ3) is 3.20. The van der Waals surface area contributed by atoms with Crippen molar-refractivity contribution in [1.29, 1.82) is 0 Å². The quantitative estimate of drug-likeness (QED) is 0.638. The van der Waals surface area contributed by atoms with Gasteiger partial charge in [0.05, 0.1) is 11.0 Å². The molecule has 0 atom stereocenters.